The number of anilines is 1. The molecule has 1 aromatic heterocycles. The van der Waals surface area contributed by atoms with Crippen molar-refractivity contribution in [1.82, 2.24) is 14.7 Å². The molecule has 1 aromatic carbocycles. The van der Waals surface area contributed by atoms with E-state index in [1.807, 2.05) is 18.2 Å². The molecule has 3 rings (SSSR count). The predicted octanol–water partition coefficient (Wildman–Crippen LogP) is 2.06. The zero-order valence-electron chi connectivity index (χ0n) is 10.6. The molecule has 2 N–H and O–H groups in total. The van der Waals surface area contributed by atoms with Gasteiger partial charge in [0.1, 0.15) is 0 Å². The van der Waals surface area contributed by atoms with Crippen molar-refractivity contribution in [3.8, 4) is 0 Å². The molecule has 1 aliphatic heterocycles. The normalized spacial score (nSPS) is 15.7. The van der Waals surface area contributed by atoms with E-state index in [-0.39, 0.29) is 5.92 Å². The van der Waals surface area contributed by atoms with Crippen molar-refractivity contribution in [3.63, 3.8) is 0 Å². The van der Waals surface area contributed by atoms with Crippen LogP contribution < -0.4 is 10.6 Å². The first-order valence-corrected chi connectivity index (χ1v) is 7.04. The minimum atomic E-state index is 0.200. The molecule has 0 bridgehead atoms. The van der Waals surface area contributed by atoms with Crippen LogP contribution in [0.3, 0.4) is 0 Å². The van der Waals surface area contributed by atoms with Crippen LogP contribution in [-0.2, 0) is 0 Å². The molecule has 98 valence electrons. The van der Waals surface area contributed by atoms with Gasteiger partial charge in [0.15, 0.2) is 11.8 Å². The number of hydrogen-bond donors (Lipinski definition) is 2. The molecular weight excluding hydrogens is 258 g/mol. The number of hydrogen-bond acceptors (Lipinski definition) is 6. The highest BCUT2D eigenvalue weighted by molar-refractivity contribution is 7.09. The molecule has 5 nitrogen and oxygen atoms in total. The number of benzene rings is 1. The van der Waals surface area contributed by atoms with E-state index < -0.39 is 0 Å². The molecule has 0 saturated heterocycles. The van der Waals surface area contributed by atoms with Crippen molar-refractivity contribution < 1.29 is 0 Å². The van der Waals surface area contributed by atoms with Crippen LogP contribution in [0.15, 0.2) is 35.3 Å². The van der Waals surface area contributed by atoms with Crippen LogP contribution in [0, 0.1) is 0 Å². The topological polar surface area (TPSA) is 62.2 Å². The maximum absolute atomic E-state index is 4.53. The number of rotatable bonds is 3. The molecule has 0 amide bonds. The lowest BCUT2D eigenvalue weighted by Gasteiger charge is -2.06. The molecule has 2 aromatic rings. The van der Waals surface area contributed by atoms with Crippen LogP contribution in [0.5, 0.6) is 0 Å². The predicted molar refractivity (Wildman–Crippen MR) is 77.8 cm³/mol. The maximum Gasteiger partial charge on any atom is 0.209 e. The Morgan fingerprint density at radius 1 is 1.32 bits per heavy atom. The van der Waals surface area contributed by atoms with E-state index >= 15 is 0 Å². The second kappa shape index (κ2) is 5.36. The summed E-state index contributed by atoms with van der Waals surface area (Å²) in [5.74, 6) is 1.83. The van der Waals surface area contributed by atoms with E-state index in [2.05, 4.69) is 44.0 Å². The van der Waals surface area contributed by atoms with Crippen LogP contribution in [0.2, 0.25) is 0 Å². The number of aromatic nitrogens is 2. The molecule has 0 aliphatic carbocycles. The van der Waals surface area contributed by atoms with E-state index in [1.54, 1.807) is 0 Å². The summed E-state index contributed by atoms with van der Waals surface area (Å²) >= 11 is 1.37. The molecule has 0 radical (unpaired) electrons. The molecular formula is C13H15N5S. The van der Waals surface area contributed by atoms with Crippen LogP contribution in [0.1, 0.15) is 24.2 Å². The smallest absolute Gasteiger partial charge is 0.209 e. The van der Waals surface area contributed by atoms with Gasteiger partial charge in [-0.3, -0.25) is 4.99 Å². The first-order chi connectivity index (χ1) is 9.33. The van der Waals surface area contributed by atoms with Crippen molar-refractivity contribution in [2.45, 2.75) is 12.8 Å². The third-order valence-electron chi connectivity index (χ3n) is 3.03. The quantitative estimate of drug-likeness (QED) is 0.898. The van der Waals surface area contributed by atoms with Gasteiger partial charge in [-0.2, -0.15) is 4.37 Å². The zero-order chi connectivity index (χ0) is 13.1. The minimum Gasteiger partial charge on any atom is -0.354 e. The molecule has 6 heteroatoms. The first-order valence-electron chi connectivity index (χ1n) is 6.27. The third-order valence-corrected chi connectivity index (χ3v) is 3.67. The summed E-state index contributed by atoms with van der Waals surface area (Å²) in [5, 5.41) is 7.09. The number of aliphatic imine (C=N–C) groups is 1. The van der Waals surface area contributed by atoms with Crippen LogP contribution in [0.25, 0.3) is 0 Å². The lowest BCUT2D eigenvalue weighted by Crippen LogP contribution is -2.26. The van der Waals surface area contributed by atoms with Crippen molar-refractivity contribution in [1.29, 1.82) is 0 Å². The molecule has 1 aliphatic rings. The van der Waals surface area contributed by atoms with Crippen molar-refractivity contribution in [2.75, 3.05) is 18.4 Å². The molecule has 1 atom stereocenters. The molecule has 0 saturated carbocycles. The second-order valence-corrected chi connectivity index (χ2v) is 5.12. The lowest BCUT2D eigenvalue weighted by molar-refractivity contribution is 0.847. The van der Waals surface area contributed by atoms with Gasteiger partial charge in [-0.25, -0.2) is 4.98 Å². The van der Waals surface area contributed by atoms with Crippen LogP contribution in [0.4, 0.5) is 5.13 Å². The van der Waals surface area contributed by atoms with Gasteiger partial charge >= 0.3 is 0 Å². The zero-order valence-corrected chi connectivity index (χ0v) is 11.4. The largest absolute Gasteiger partial charge is 0.354 e. The van der Waals surface area contributed by atoms with Crippen LogP contribution in [-0.4, -0.2) is 28.4 Å². The Hall–Kier alpha value is -1.95. The average molecular weight is 273 g/mol. The summed E-state index contributed by atoms with van der Waals surface area (Å²) in [4.78, 5) is 8.80. The van der Waals surface area contributed by atoms with Gasteiger partial charge in [0.2, 0.25) is 5.13 Å². The Kier molecular flexibility index (Phi) is 3.41. The summed E-state index contributed by atoms with van der Waals surface area (Å²) in [7, 11) is 0. The highest BCUT2D eigenvalue weighted by Crippen LogP contribution is 2.24. The van der Waals surface area contributed by atoms with Crippen molar-refractivity contribution >= 4 is 22.6 Å². The Bertz CT molecular complexity index is 578. The minimum absolute atomic E-state index is 0.200. The van der Waals surface area contributed by atoms with Gasteiger partial charge in [-0.05, 0) is 5.56 Å². The average Bonchev–Trinajstić information content (AvgIpc) is 3.11. The van der Waals surface area contributed by atoms with Gasteiger partial charge in [0.25, 0.3) is 0 Å². The SMILES string of the molecule is CC(c1ccccc1)c1nsc(NC2=NCCN2)n1. The monoisotopic (exact) mass is 273 g/mol. The van der Waals surface area contributed by atoms with E-state index in [9.17, 15) is 0 Å². The second-order valence-electron chi connectivity index (χ2n) is 4.37. The Labute approximate surface area is 116 Å². The molecule has 0 spiro atoms. The van der Waals surface area contributed by atoms with E-state index in [1.165, 1.54) is 17.1 Å². The fourth-order valence-corrected chi connectivity index (χ4v) is 2.59. The van der Waals surface area contributed by atoms with Crippen LogP contribution >= 0.6 is 11.5 Å². The van der Waals surface area contributed by atoms with Crippen molar-refractivity contribution in [3.05, 3.63) is 41.7 Å². The summed E-state index contributed by atoms with van der Waals surface area (Å²) in [5.41, 5.74) is 1.23. The van der Waals surface area contributed by atoms with Gasteiger partial charge in [0.05, 0.1) is 6.54 Å². The van der Waals surface area contributed by atoms with E-state index in [0.717, 1.165) is 30.0 Å². The Balaban J connectivity index is 1.74. The summed E-state index contributed by atoms with van der Waals surface area (Å²) in [6.45, 7) is 3.81. The molecule has 0 fully saturated rings. The molecule has 19 heavy (non-hydrogen) atoms. The number of nitrogens with one attached hydrogen (secondary N) is 2. The first kappa shape index (κ1) is 12.1. The highest BCUT2D eigenvalue weighted by Gasteiger charge is 2.15. The summed E-state index contributed by atoms with van der Waals surface area (Å²) in [6.07, 6.45) is 0. The Morgan fingerprint density at radius 3 is 2.89 bits per heavy atom. The number of nitrogens with zero attached hydrogens (tertiary/aromatic N) is 3. The van der Waals surface area contributed by atoms with Gasteiger partial charge in [0, 0.05) is 24.0 Å². The maximum atomic E-state index is 4.53. The number of guanidine groups is 1. The van der Waals surface area contributed by atoms with Gasteiger partial charge < -0.3 is 10.6 Å². The molecule has 2 heterocycles. The third kappa shape index (κ3) is 2.73. The van der Waals surface area contributed by atoms with Gasteiger partial charge in [-0.1, -0.05) is 37.3 Å². The van der Waals surface area contributed by atoms with E-state index in [4.69, 9.17) is 0 Å². The van der Waals surface area contributed by atoms with Crippen molar-refractivity contribution in [2.24, 2.45) is 4.99 Å². The summed E-state index contributed by atoms with van der Waals surface area (Å²) < 4.78 is 4.42. The standard InChI is InChI=1S/C13H15N5S/c1-9(10-5-3-2-4-6-10)11-16-13(19-18-11)17-12-14-7-8-15-12/h2-6,9H,7-8H2,1H3,(H2,14,15,16,17,18). The fraction of sp³-hybridized carbons (Fsp3) is 0.308. The van der Waals surface area contributed by atoms with E-state index in [0.29, 0.717) is 0 Å². The molecule has 1 unspecified atom stereocenters. The van der Waals surface area contributed by atoms with Gasteiger partial charge in [-0.15, -0.1) is 0 Å². The Morgan fingerprint density at radius 2 is 2.16 bits per heavy atom. The summed E-state index contributed by atoms with van der Waals surface area (Å²) in [6, 6.07) is 10.3. The fourth-order valence-electron chi connectivity index (χ4n) is 1.94. The highest BCUT2D eigenvalue weighted by atomic mass is 32.1. The lowest BCUT2D eigenvalue weighted by atomic mass is 10.0.